The van der Waals surface area contributed by atoms with Crippen molar-refractivity contribution in [2.45, 2.75) is 30.1 Å². The lowest BCUT2D eigenvalue weighted by Crippen LogP contribution is -2.39. The van der Waals surface area contributed by atoms with Gasteiger partial charge in [0.2, 0.25) is 0 Å². The summed E-state index contributed by atoms with van der Waals surface area (Å²) < 4.78 is 14.4. The number of hydrogen-bond donors (Lipinski definition) is 3. The molecule has 192 valence electrons. The number of ether oxygens (including phenoxy) is 2. The van der Waals surface area contributed by atoms with Gasteiger partial charge in [-0.2, -0.15) is 0 Å². The first-order chi connectivity index (χ1) is 18.6. The molecule has 1 aliphatic heterocycles. The molecule has 38 heavy (non-hydrogen) atoms. The van der Waals surface area contributed by atoms with Crippen LogP contribution in [0.4, 0.5) is 0 Å². The molecule has 3 aromatic carbocycles. The molecule has 1 saturated heterocycles. The largest absolute Gasteiger partial charge is 0.387 e. The minimum Gasteiger partial charge on any atom is -0.387 e. The van der Waals surface area contributed by atoms with E-state index in [1.807, 2.05) is 91.0 Å². The Kier molecular flexibility index (Phi) is 6.34. The maximum Gasteiger partial charge on any atom is 0.278 e. The molecule has 2 aromatic heterocycles. The predicted molar refractivity (Wildman–Crippen MR) is 139 cm³/mol. The van der Waals surface area contributed by atoms with E-state index in [1.165, 1.54) is 17.2 Å². The smallest absolute Gasteiger partial charge is 0.278 e. The number of hydrogen-bond acceptors (Lipinski definition) is 7. The molecule has 9 nitrogen and oxygen atoms in total. The van der Waals surface area contributed by atoms with Crippen molar-refractivity contribution in [1.29, 1.82) is 0 Å². The van der Waals surface area contributed by atoms with Crippen molar-refractivity contribution in [2.75, 3.05) is 6.61 Å². The maximum absolute atomic E-state index is 12.1. The van der Waals surface area contributed by atoms with Crippen LogP contribution >= 0.6 is 0 Å². The van der Waals surface area contributed by atoms with Crippen LogP contribution in [-0.2, 0) is 15.1 Å². The van der Waals surface area contributed by atoms with E-state index < -0.39 is 35.7 Å². The van der Waals surface area contributed by atoms with Crippen molar-refractivity contribution >= 4 is 11.2 Å². The van der Waals surface area contributed by atoms with Gasteiger partial charge in [0, 0.05) is 0 Å². The van der Waals surface area contributed by atoms with Crippen LogP contribution in [0.25, 0.3) is 11.2 Å². The van der Waals surface area contributed by atoms with Gasteiger partial charge in [-0.25, -0.2) is 9.97 Å². The number of nitrogens with zero attached hydrogens (tertiary/aromatic N) is 3. The Bertz CT molecular complexity index is 1480. The molecule has 4 atom stereocenters. The molecule has 1 aliphatic rings. The normalized spacial score (nSPS) is 21.6. The highest BCUT2D eigenvalue weighted by Crippen LogP contribution is 2.41. The lowest BCUT2D eigenvalue weighted by atomic mass is 9.80. The van der Waals surface area contributed by atoms with Crippen molar-refractivity contribution in [3.63, 3.8) is 0 Å². The molecule has 9 heteroatoms. The number of rotatable bonds is 7. The van der Waals surface area contributed by atoms with E-state index in [9.17, 15) is 15.0 Å². The van der Waals surface area contributed by atoms with E-state index in [1.54, 1.807) is 0 Å². The minimum atomic E-state index is -1.29. The monoisotopic (exact) mass is 510 g/mol. The van der Waals surface area contributed by atoms with Gasteiger partial charge in [-0.15, -0.1) is 0 Å². The lowest BCUT2D eigenvalue weighted by molar-refractivity contribution is -0.0942. The van der Waals surface area contributed by atoms with Gasteiger partial charge in [-0.3, -0.25) is 9.36 Å². The van der Waals surface area contributed by atoms with Crippen molar-refractivity contribution in [2.24, 2.45) is 0 Å². The number of nitrogens with one attached hydrogen (secondary N) is 1. The van der Waals surface area contributed by atoms with Gasteiger partial charge in [0.05, 0.1) is 19.3 Å². The summed E-state index contributed by atoms with van der Waals surface area (Å²) in [6.07, 6.45) is -1.78. The van der Waals surface area contributed by atoms with Crippen molar-refractivity contribution in [3.05, 3.63) is 131 Å². The van der Waals surface area contributed by atoms with Crippen LogP contribution in [-0.4, -0.2) is 54.7 Å². The number of fused-ring (bicyclic) bond motifs is 1. The molecule has 3 heterocycles. The molecule has 1 fully saturated rings. The predicted octanol–water partition coefficient (Wildman–Crippen LogP) is 2.75. The second-order valence-corrected chi connectivity index (χ2v) is 9.19. The van der Waals surface area contributed by atoms with Gasteiger partial charge in [-0.05, 0) is 16.7 Å². The Morgan fingerprint density at radius 1 is 0.842 bits per heavy atom. The van der Waals surface area contributed by atoms with Gasteiger partial charge in [0.15, 0.2) is 17.4 Å². The second-order valence-electron chi connectivity index (χ2n) is 9.19. The summed E-state index contributed by atoms with van der Waals surface area (Å²) in [7, 11) is 0. The van der Waals surface area contributed by atoms with E-state index in [0.717, 1.165) is 16.7 Å². The molecule has 0 bridgehead atoms. The van der Waals surface area contributed by atoms with Crippen molar-refractivity contribution in [1.82, 2.24) is 19.5 Å². The number of benzene rings is 3. The molecule has 0 radical (unpaired) electrons. The Labute approximate surface area is 218 Å². The zero-order valence-corrected chi connectivity index (χ0v) is 20.3. The van der Waals surface area contributed by atoms with E-state index >= 15 is 0 Å². The van der Waals surface area contributed by atoms with Gasteiger partial charge in [0.25, 0.3) is 5.56 Å². The number of aliphatic hydroxyl groups is 2. The van der Waals surface area contributed by atoms with Crippen LogP contribution in [0.3, 0.4) is 0 Å². The highest BCUT2D eigenvalue weighted by Gasteiger charge is 2.46. The fourth-order valence-electron chi connectivity index (χ4n) is 5.12. The van der Waals surface area contributed by atoms with Crippen LogP contribution in [0.1, 0.15) is 22.9 Å². The Morgan fingerprint density at radius 2 is 1.39 bits per heavy atom. The molecule has 3 N–H and O–H groups in total. The summed E-state index contributed by atoms with van der Waals surface area (Å²) in [5, 5.41) is 21.9. The first-order valence-electron chi connectivity index (χ1n) is 12.3. The third-order valence-electron chi connectivity index (χ3n) is 6.98. The van der Waals surface area contributed by atoms with E-state index in [-0.39, 0.29) is 17.8 Å². The highest BCUT2D eigenvalue weighted by molar-refractivity contribution is 5.68. The maximum atomic E-state index is 12.1. The van der Waals surface area contributed by atoms with Gasteiger partial charge < -0.3 is 24.7 Å². The highest BCUT2D eigenvalue weighted by atomic mass is 16.6. The average molecular weight is 511 g/mol. The molecule has 1 unspecified atom stereocenters. The molecule has 5 aromatic rings. The topological polar surface area (TPSA) is 122 Å². The van der Waals surface area contributed by atoms with Gasteiger partial charge >= 0.3 is 0 Å². The number of aliphatic hydroxyl groups excluding tert-OH is 2. The lowest BCUT2D eigenvalue weighted by Gasteiger charge is -2.37. The SMILES string of the molecule is O=c1[nH]cnc2c1ncn2[C@@H]1O[C@H](COC(c2ccccc2)(c2ccccc2)c2ccccc2)C(O)[C@@H]1O. The van der Waals surface area contributed by atoms with E-state index in [4.69, 9.17) is 9.47 Å². The second kappa shape index (κ2) is 9.96. The van der Waals surface area contributed by atoms with Crippen LogP contribution in [0, 0.1) is 0 Å². The van der Waals surface area contributed by atoms with Crippen molar-refractivity contribution in [3.8, 4) is 0 Å². The summed E-state index contributed by atoms with van der Waals surface area (Å²) in [5.74, 6) is 0. The molecule has 0 aliphatic carbocycles. The fourth-order valence-corrected chi connectivity index (χ4v) is 5.12. The van der Waals surface area contributed by atoms with Crippen LogP contribution < -0.4 is 5.56 Å². The third kappa shape index (κ3) is 4.02. The molecule has 6 rings (SSSR count). The van der Waals surface area contributed by atoms with Crippen LogP contribution in [0.15, 0.2) is 108 Å². The average Bonchev–Trinajstić information content (AvgIpc) is 3.52. The van der Waals surface area contributed by atoms with E-state index in [0.29, 0.717) is 0 Å². The molecular formula is C29H26N4O5. The van der Waals surface area contributed by atoms with Crippen LogP contribution in [0.5, 0.6) is 0 Å². The summed E-state index contributed by atoms with van der Waals surface area (Å²) >= 11 is 0. The minimum absolute atomic E-state index is 0.0337. The Hall–Kier alpha value is -4.15. The first-order valence-corrected chi connectivity index (χ1v) is 12.3. The van der Waals surface area contributed by atoms with E-state index in [2.05, 4.69) is 15.0 Å². The molecule has 0 saturated carbocycles. The van der Waals surface area contributed by atoms with Gasteiger partial charge in [0.1, 0.15) is 23.9 Å². The standard InChI is InChI=1S/C29H26N4O5/c34-24-22(38-28(25(24)35)33-18-32-23-26(33)30-17-31-27(23)36)16-37-29(19-10-4-1-5-11-19,20-12-6-2-7-13-20)21-14-8-3-9-15-21/h1-15,17-18,22,24-25,28,34-35H,16H2,(H,30,31,36)/t22-,24?,25+,28-/m1/s1. The summed E-state index contributed by atoms with van der Waals surface area (Å²) in [5.41, 5.74) is 1.68. The number of H-pyrrole nitrogens is 1. The quantitative estimate of drug-likeness (QED) is 0.288. The van der Waals surface area contributed by atoms with Crippen LogP contribution in [0.2, 0.25) is 0 Å². The zero-order chi connectivity index (χ0) is 26.1. The summed E-state index contributed by atoms with van der Waals surface area (Å²) in [6, 6.07) is 29.6. The summed E-state index contributed by atoms with van der Waals surface area (Å²) in [4.78, 5) is 22.8. The Morgan fingerprint density at radius 3 is 1.95 bits per heavy atom. The third-order valence-corrected chi connectivity index (χ3v) is 6.98. The molecule has 0 spiro atoms. The first kappa shape index (κ1) is 24.2. The Balaban J connectivity index is 1.37. The molecule has 0 amide bonds. The number of aromatic nitrogens is 4. The van der Waals surface area contributed by atoms with Crippen molar-refractivity contribution < 1.29 is 19.7 Å². The fraction of sp³-hybridized carbons (Fsp3) is 0.207. The number of imidazole rings is 1. The molecular weight excluding hydrogens is 484 g/mol. The van der Waals surface area contributed by atoms with Gasteiger partial charge in [-0.1, -0.05) is 91.0 Å². The summed E-state index contributed by atoms with van der Waals surface area (Å²) in [6.45, 7) is -0.0337. The zero-order valence-electron chi connectivity index (χ0n) is 20.3. The number of aromatic amines is 1.